The quantitative estimate of drug-likeness (QED) is 0.606. The zero-order valence-electron chi connectivity index (χ0n) is 14.9. The zero-order chi connectivity index (χ0) is 16.8. The second-order valence-electron chi connectivity index (χ2n) is 6.81. The Balaban J connectivity index is 1.47. The first-order valence-electron chi connectivity index (χ1n) is 9.32. The molecule has 134 valence electrons. The van der Waals surface area contributed by atoms with Gasteiger partial charge in [-0.3, -0.25) is 9.89 Å². The lowest BCUT2D eigenvalue weighted by Gasteiger charge is -2.24. The minimum absolute atomic E-state index is 0.494. The van der Waals surface area contributed by atoms with Gasteiger partial charge in [0.15, 0.2) is 11.8 Å². The van der Waals surface area contributed by atoms with Crippen molar-refractivity contribution in [2.75, 3.05) is 26.2 Å². The van der Waals surface area contributed by atoms with E-state index in [-0.39, 0.29) is 0 Å². The van der Waals surface area contributed by atoms with Crippen LogP contribution in [0, 0.1) is 6.92 Å². The summed E-state index contributed by atoms with van der Waals surface area (Å²) in [6, 6.07) is 1.31. The van der Waals surface area contributed by atoms with Crippen LogP contribution in [0.3, 0.4) is 0 Å². The summed E-state index contributed by atoms with van der Waals surface area (Å²) in [5.74, 6) is 2.23. The average molecular weight is 334 g/mol. The Hall–Kier alpha value is -1.63. The van der Waals surface area contributed by atoms with Gasteiger partial charge in [0.2, 0.25) is 5.89 Å². The van der Waals surface area contributed by atoms with Crippen LogP contribution < -0.4 is 10.6 Å². The van der Waals surface area contributed by atoms with E-state index in [1.807, 2.05) is 6.92 Å². The standard InChI is InChI=1S/C17H30N6O/c1-3-18-17(19-10-8-16-20-13(2)22-24-16)21-14-9-11-23(12-14)15-6-4-5-7-15/h14-15H,3-12H2,1-2H3,(H2,18,19,21). The molecule has 0 spiro atoms. The van der Waals surface area contributed by atoms with Gasteiger partial charge in [0, 0.05) is 38.1 Å². The second kappa shape index (κ2) is 8.46. The Morgan fingerprint density at radius 2 is 2.17 bits per heavy atom. The molecule has 2 N–H and O–H groups in total. The van der Waals surface area contributed by atoms with Gasteiger partial charge >= 0.3 is 0 Å². The summed E-state index contributed by atoms with van der Waals surface area (Å²) < 4.78 is 5.13. The average Bonchev–Trinajstić information content (AvgIpc) is 3.29. The number of nitrogens with zero attached hydrogens (tertiary/aromatic N) is 4. The van der Waals surface area contributed by atoms with Crippen LogP contribution in [0.4, 0.5) is 0 Å². The molecule has 0 aromatic carbocycles. The van der Waals surface area contributed by atoms with Crippen LogP contribution in [-0.2, 0) is 6.42 Å². The number of aliphatic imine (C=N–C) groups is 1. The van der Waals surface area contributed by atoms with Crippen LogP contribution in [0.25, 0.3) is 0 Å². The molecule has 0 amide bonds. The highest BCUT2D eigenvalue weighted by Crippen LogP contribution is 2.26. The Morgan fingerprint density at radius 3 is 2.88 bits per heavy atom. The van der Waals surface area contributed by atoms with Crippen LogP contribution in [0.1, 0.15) is 50.7 Å². The van der Waals surface area contributed by atoms with Gasteiger partial charge in [-0.2, -0.15) is 4.98 Å². The fourth-order valence-corrected chi connectivity index (χ4v) is 3.72. The zero-order valence-corrected chi connectivity index (χ0v) is 14.9. The second-order valence-corrected chi connectivity index (χ2v) is 6.81. The molecule has 0 bridgehead atoms. The summed E-state index contributed by atoms with van der Waals surface area (Å²) in [7, 11) is 0. The van der Waals surface area contributed by atoms with E-state index in [9.17, 15) is 0 Å². The molecule has 24 heavy (non-hydrogen) atoms. The monoisotopic (exact) mass is 334 g/mol. The molecule has 7 nitrogen and oxygen atoms in total. The van der Waals surface area contributed by atoms with E-state index >= 15 is 0 Å². The number of hydrogen-bond acceptors (Lipinski definition) is 5. The number of hydrogen-bond donors (Lipinski definition) is 2. The normalized spacial score (nSPS) is 23.1. The Labute approximate surface area is 144 Å². The fraction of sp³-hybridized carbons (Fsp3) is 0.824. The van der Waals surface area contributed by atoms with E-state index in [2.05, 4.69) is 37.6 Å². The lowest BCUT2D eigenvalue weighted by molar-refractivity contribution is 0.242. The van der Waals surface area contributed by atoms with Crippen molar-refractivity contribution in [1.29, 1.82) is 0 Å². The first kappa shape index (κ1) is 17.2. The Kier molecular flexibility index (Phi) is 6.07. The molecule has 1 unspecified atom stereocenters. The van der Waals surface area contributed by atoms with E-state index in [0.717, 1.165) is 25.1 Å². The Morgan fingerprint density at radius 1 is 1.33 bits per heavy atom. The topological polar surface area (TPSA) is 78.6 Å². The summed E-state index contributed by atoms with van der Waals surface area (Å²) in [4.78, 5) is 11.5. The third-order valence-electron chi connectivity index (χ3n) is 4.91. The van der Waals surface area contributed by atoms with Crippen molar-refractivity contribution in [3.8, 4) is 0 Å². The van der Waals surface area contributed by atoms with Gasteiger partial charge in [-0.1, -0.05) is 18.0 Å². The van der Waals surface area contributed by atoms with Gasteiger partial charge in [0.05, 0.1) is 6.54 Å². The van der Waals surface area contributed by atoms with E-state index in [4.69, 9.17) is 4.52 Å². The molecule has 1 atom stereocenters. The van der Waals surface area contributed by atoms with Crippen LogP contribution in [0.2, 0.25) is 0 Å². The lowest BCUT2D eigenvalue weighted by atomic mass is 10.2. The number of likely N-dealkylation sites (tertiary alicyclic amines) is 1. The number of nitrogens with one attached hydrogen (secondary N) is 2. The molecule has 3 rings (SSSR count). The van der Waals surface area contributed by atoms with Gasteiger partial charge in [-0.05, 0) is 33.1 Å². The van der Waals surface area contributed by atoms with Crippen LogP contribution in [0.15, 0.2) is 9.52 Å². The molecule has 1 aromatic heterocycles. The minimum atomic E-state index is 0.494. The number of guanidine groups is 1. The van der Waals surface area contributed by atoms with Gasteiger partial charge in [-0.25, -0.2) is 0 Å². The highest BCUT2D eigenvalue weighted by molar-refractivity contribution is 5.80. The lowest BCUT2D eigenvalue weighted by Crippen LogP contribution is -2.45. The summed E-state index contributed by atoms with van der Waals surface area (Å²) in [6.45, 7) is 7.79. The van der Waals surface area contributed by atoms with E-state index in [1.165, 1.54) is 38.6 Å². The highest BCUT2D eigenvalue weighted by atomic mass is 16.5. The maximum Gasteiger partial charge on any atom is 0.228 e. The van der Waals surface area contributed by atoms with Gasteiger partial charge in [0.1, 0.15) is 0 Å². The third-order valence-corrected chi connectivity index (χ3v) is 4.91. The van der Waals surface area contributed by atoms with Crippen molar-refractivity contribution in [2.45, 2.75) is 64.5 Å². The minimum Gasteiger partial charge on any atom is -0.357 e. The predicted molar refractivity (Wildman–Crippen MR) is 94.1 cm³/mol. The van der Waals surface area contributed by atoms with Crippen LogP contribution in [-0.4, -0.2) is 59.3 Å². The molecule has 2 aliphatic rings. The van der Waals surface area contributed by atoms with E-state index in [0.29, 0.717) is 30.7 Å². The largest absolute Gasteiger partial charge is 0.357 e. The van der Waals surface area contributed by atoms with E-state index < -0.39 is 0 Å². The molecular weight excluding hydrogens is 304 g/mol. The molecule has 1 saturated carbocycles. The summed E-state index contributed by atoms with van der Waals surface area (Å²) in [5, 5.41) is 10.7. The number of aryl methyl sites for hydroxylation is 1. The van der Waals surface area contributed by atoms with Crippen LogP contribution >= 0.6 is 0 Å². The fourth-order valence-electron chi connectivity index (χ4n) is 3.72. The van der Waals surface area contributed by atoms with E-state index in [1.54, 1.807) is 0 Å². The maximum atomic E-state index is 5.13. The molecule has 0 radical (unpaired) electrons. The molecule has 1 aromatic rings. The van der Waals surface area contributed by atoms with Crippen molar-refractivity contribution >= 4 is 5.96 Å². The maximum absolute atomic E-state index is 5.13. The van der Waals surface area contributed by atoms with Crippen molar-refractivity contribution in [2.24, 2.45) is 4.99 Å². The highest BCUT2D eigenvalue weighted by Gasteiger charge is 2.30. The Bertz CT molecular complexity index is 537. The smallest absolute Gasteiger partial charge is 0.228 e. The first-order chi connectivity index (χ1) is 11.7. The van der Waals surface area contributed by atoms with Crippen molar-refractivity contribution in [1.82, 2.24) is 25.7 Å². The predicted octanol–water partition coefficient (Wildman–Crippen LogP) is 1.49. The summed E-state index contributed by atoms with van der Waals surface area (Å²) in [6.07, 6.45) is 7.44. The third kappa shape index (κ3) is 4.69. The van der Waals surface area contributed by atoms with Crippen molar-refractivity contribution in [3.63, 3.8) is 0 Å². The first-order valence-corrected chi connectivity index (χ1v) is 9.32. The van der Waals surface area contributed by atoms with Gasteiger partial charge < -0.3 is 15.2 Å². The number of rotatable bonds is 6. The molecule has 1 saturated heterocycles. The molecule has 1 aliphatic carbocycles. The molecule has 2 fully saturated rings. The molecule has 7 heteroatoms. The molecular formula is C17H30N6O. The van der Waals surface area contributed by atoms with Gasteiger partial charge in [-0.15, -0.1) is 0 Å². The molecule has 1 aliphatic heterocycles. The van der Waals surface area contributed by atoms with Crippen molar-refractivity contribution in [3.05, 3.63) is 11.7 Å². The summed E-state index contributed by atoms with van der Waals surface area (Å²) >= 11 is 0. The SMILES string of the molecule is CCNC(=NCCc1nc(C)no1)NC1CCN(C2CCCC2)C1. The van der Waals surface area contributed by atoms with Crippen molar-refractivity contribution < 1.29 is 4.52 Å². The van der Waals surface area contributed by atoms with Crippen LogP contribution in [0.5, 0.6) is 0 Å². The molecule has 2 heterocycles. The van der Waals surface area contributed by atoms with Gasteiger partial charge in [0.25, 0.3) is 0 Å². The number of aromatic nitrogens is 2. The summed E-state index contributed by atoms with van der Waals surface area (Å²) in [5.41, 5.74) is 0.